The molecule has 1 heterocycles. The van der Waals surface area contributed by atoms with Gasteiger partial charge in [-0.05, 0) is 13.0 Å². The topological polar surface area (TPSA) is 26.3 Å². The first-order chi connectivity index (χ1) is 6.17. The van der Waals surface area contributed by atoms with E-state index >= 15 is 0 Å². The summed E-state index contributed by atoms with van der Waals surface area (Å²) >= 11 is 5.76. The average molecular weight is 197 g/mol. The highest BCUT2D eigenvalue weighted by molar-refractivity contribution is 6.19. The molecule has 0 aromatic heterocycles. The summed E-state index contributed by atoms with van der Waals surface area (Å²) in [5.41, 5.74) is 0.871. The second-order valence-electron chi connectivity index (χ2n) is 3.30. The van der Waals surface area contributed by atoms with Crippen LogP contribution in [0.5, 0.6) is 0 Å². The average Bonchev–Trinajstić information content (AvgIpc) is 2.42. The van der Waals surface area contributed by atoms with Crippen LogP contribution in [0.1, 0.15) is 22.8 Å². The van der Waals surface area contributed by atoms with Gasteiger partial charge in [-0.3, -0.25) is 0 Å². The number of cyclic esters (lactones) is 1. The number of halogens is 1. The highest BCUT2D eigenvalue weighted by Gasteiger charge is 2.40. The van der Waals surface area contributed by atoms with Crippen molar-refractivity contribution in [3.63, 3.8) is 0 Å². The number of hydrogen-bond acceptors (Lipinski definition) is 2. The van der Waals surface area contributed by atoms with E-state index in [4.69, 9.17) is 16.3 Å². The second-order valence-corrected chi connectivity index (χ2v) is 3.57. The Hall–Kier alpha value is -1.02. The molecule has 0 unspecified atom stereocenters. The van der Waals surface area contributed by atoms with Crippen LogP contribution in [0.3, 0.4) is 0 Å². The zero-order chi connectivity index (χ0) is 9.47. The summed E-state index contributed by atoms with van der Waals surface area (Å²) in [5.74, 6) is 0.00852. The Bertz CT molecular complexity index is 362. The van der Waals surface area contributed by atoms with Crippen molar-refractivity contribution in [3.8, 4) is 0 Å². The summed E-state index contributed by atoms with van der Waals surface area (Å²) in [6, 6.07) is 7.34. The number of alkyl halides is 1. The van der Waals surface area contributed by atoms with Crippen LogP contribution in [0.25, 0.3) is 0 Å². The van der Waals surface area contributed by atoms with Gasteiger partial charge in [-0.1, -0.05) is 18.2 Å². The van der Waals surface area contributed by atoms with Crippen molar-refractivity contribution >= 4 is 17.6 Å². The molecule has 0 saturated heterocycles. The Kier molecular flexibility index (Phi) is 1.81. The summed E-state index contributed by atoms with van der Waals surface area (Å²) < 4.78 is 5.20. The summed E-state index contributed by atoms with van der Waals surface area (Å²) in [6.45, 7) is 1.82. The third kappa shape index (κ3) is 1.13. The predicted octanol–water partition coefficient (Wildman–Crippen LogP) is 2.31. The minimum Gasteiger partial charge on any atom is -0.450 e. The maximum atomic E-state index is 11.4. The number of rotatable bonds is 1. The molecule has 1 aliphatic rings. The van der Waals surface area contributed by atoms with Crippen molar-refractivity contribution in [1.82, 2.24) is 0 Å². The molecule has 68 valence electrons. The van der Waals surface area contributed by atoms with Gasteiger partial charge in [0.2, 0.25) is 0 Å². The van der Waals surface area contributed by atoms with Crippen LogP contribution in [0.15, 0.2) is 24.3 Å². The maximum absolute atomic E-state index is 11.4. The first kappa shape index (κ1) is 8.57. The normalized spacial score (nSPS) is 25.5. The van der Waals surface area contributed by atoms with Gasteiger partial charge in [0.05, 0.1) is 11.4 Å². The van der Waals surface area contributed by atoms with Crippen LogP contribution in [0.4, 0.5) is 0 Å². The van der Waals surface area contributed by atoms with Gasteiger partial charge in [-0.25, -0.2) is 4.79 Å². The molecule has 13 heavy (non-hydrogen) atoms. The van der Waals surface area contributed by atoms with E-state index in [1.807, 2.05) is 25.1 Å². The molecule has 0 aliphatic carbocycles. The molecule has 0 radical (unpaired) electrons. The van der Waals surface area contributed by atoms with E-state index in [1.165, 1.54) is 0 Å². The first-order valence-corrected chi connectivity index (χ1v) is 4.60. The third-order valence-electron chi connectivity index (χ3n) is 2.29. The van der Waals surface area contributed by atoms with E-state index in [0.717, 1.165) is 5.56 Å². The molecule has 1 aliphatic heterocycles. The monoisotopic (exact) mass is 196 g/mol. The fraction of sp³-hybridized carbons (Fsp3) is 0.300. The number of esters is 1. The van der Waals surface area contributed by atoms with E-state index in [-0.39, 0.29) is 11.8 Å². The zero-order valence-corrected chi connectivity index (χ0v) is 7.97. The minimum absolute atomic E-state index is 0.279. The summed E-state index contributed by atoms with van der Waals surface area (Å²) in [5, 5.41) is 0. The lowest BCUT2D eigenvalue weighted by Gasteiger charge is -2.20. The van der Waals surface area contributed by atoms with E-state index in [1.54, 1.807) is 6.07 Å². The standard InChI is InChI=1S/C10H9ClO2/c1-10(6-11)8-5-3-2-4-7(8)9(12)13-10/h2-5H,6H2,1H3/t10-/m0/s1. The van der Waals surface area contributed by atoms with Crippen molar-refractivity contribution in [2.45, 2.75) is 12.5 Å². The molecular formula is C10H9ClO2. The fourth-order valence-corrected chi connectivity index (χ4v) is 1.73. The molecule has 0 saturated carbocycles. The number of carbonyl (C=O) groups excluding carboxylic acids is 1. The van der Waals surface area contributed by atoms with E-state index < -0.39 is 5.60 Å². The quantitative estimate of drug-likeness (QED) is 0.509. The highest BCUT2D eigenvalue weighted by Crippen LogP contribution is 2.36. The molecule has 0 amide bonds. The van der Waals surface area contributed by atoms with Gasteiger partial charge in [0.1, 0.15) is 5.60 Å². The zero-order valence-electron chi connectivity index (χ0n) is 7.21. The van der Waals surface area contributed by atoms with Gasteiger partial charge in [0.15, 0.2) is 0 Å². The smallest absolute Gasteiger partial charge is 0.339 e. The van der Waals surface area contributed by atoms with Crippen LogP contribution in [0.2, 0.25) is 0 Å². The molecule has 0 fully saturated rings. The number of hydrogen-bond donors (Lipinski definition) is 0. The summed E-state index contributed by atoms with van der Waals surface area (Å²) in [4.78, 5) is 11.4. The van der Waals surface area contributed by atoms with Crippen LogP contribution < -0.4 is 0 Å². The Morgan fingerprint density at radius 2 is 2.15 bits per heavy atom. The lowest BCUT2D eigenvalue weighted by molar-refractivity contribution is 0.0110. The number of carbonyl (C=O) groups is 1. The summed E-state index contributed by atoms with van der Waals surface area (Å²) in [7, 11) is 0. The van der Waals surface area contributed by atoms with Crippen molar-refractivity contribution in [2.24, 2.45) is 0 Å². The second kappa shape index (κ2) is 2.74. The molecule has 1 atom stereocenters. The Morgan fingerprint density at radius 1 is 1.46 bits per heavy atom. The van der Waals surface area contributed by atoms with E-state index in [0.29, 0.717) is 5.56 Å². The molecule has 2 nitrogen and oxygen atoms in total. The van der Waals surface area contributed by atoms with Crippen molar-refractivity contribution in [2.75, 3.05) is 5.88 Å². The van der Waals surface area contributed by atoms with Gasteiger partial charge in [-0.2, -0.15) is 0 Å². The van der Waals surface area contributed by atoms with Crippen molar-refractivity contribution in [1.29, 1.82) is 0 Å². The van der Waals surface area contributed by atoms with Gasteiger partial charge in [0, 0.05) is 5.56 Å². The van der Waals surface area contributed by atoms with Crippen LogP contribution >= 0.6 is 11.6 Å². The lowest BCUT2D eigenvalue weighted by Crippen LogP contribution is -2.23. The lowest BCUT2D eigenvalue weighted by atomic mass is 9.96. The molecule has 0 bridgehead atoms. The maximum Gasteiger partial charge on any atom is 0.339 e. The van der Waals surface area contributed by atoms with Crippen LogP contribution in [-0.2, 0) is 10.3 Å². The van der Waals surface area contributed by atoms with Crippen molar-refractivity contribution in [3.05, 3.63) is 35.4 Å². The third-order valence-corrected chi connectivity index (χ3v) is 2.80. The largest absolute Gasteiger partial charge is 0.450 e. The van der Waals surface area contributed by atoms with Crippen LogP contribution in [-0.4, -0.2) is 11.8 Å². The number of ether oxygens (including phenoxy) is 1. The van der Waals surface area contributed by atoms with Gasteiger partial charge in [0.25, 0.3) is 0 Å². The number of benzene rings is 1. The molecule has 1 aromatic carbocycles. The molecule has 0 spiro atoms. The molecule has 3 heteroatoms. The highest BCUT2D eigenvalue weighted by atomic mass is 35.5. The van der Waals surface area contributed by atoms with Gasteiger partial charge >= 0.3 is 5.97 Å². The SMILES string of the molecule is C[C@@]1(CCl)OC(=O)c2ccccc21. The van der Waals surface area contributed by atoms with Crippen molar-refractivity contribution < 1.29 is 9.53 Å². The fourth-order valence-electron chi connectivity index (χ4n) is 1.54. The minimum atomic E-state index is -0.644. The van der Waals surface area contributed by atoms with Crippen LogP contribution in [0, 0.1) is 0 Å². The van der Waals surface area contributed by atoms with E-state index in [2.05, 4.69) is 0 Å². The Labute approximate surface area is 81.5 Å². The van der Waals surface area contributed by atoms with Gasteiger partial charge in [-0.15, -0.1) is 11.6 Å². The predicted molar refractivity (Wildman–Crippen MR) is 49.9 cm³/mol. The molecular weight excluding hydrogens is 188 g/mol. The first-order valence-electron chi connectivity index (χ1n) is 4.06. The molecule has 2 rings (SSSR count). The van der Waals surface area contributed by atoms with Gasteiger partial charge < -0.3 is 4.74 Å². The Balaban J connectivity index is 2.59. The molecule has 0 N–H and O–H groups in total. The Morgan fingerprint density at radius 3 is 2.85 bits per heavy atom. The summed E-state index contributed by atoms with van der Waals surface area (Å²) in [6.07, 6.45) is 0. The number of fused-ring (bicyclic) bond motifs is 1. The molecule has 1 aromatic rings. The van der Waals surface area contributed by atoms with E-state index in [9.17, 15) is 4.79 Å².